The third-order valence-electron chi connectivity index (χ3n) is 8.49. The van der Waals surface area contributed by atoms with E-state index in [1.807, 2.05) is 37.3 Å². The van der Waals surface area contributed by atoms with Crippen LogP contribution >= 0.6 is 0 Å². The Bertz CT molecular complexity index is 1350. The Morgan fingerprint density at radius 2 is 1.67 bits per heavy atom. The summed E-state index contributed by atoms with van der Waals surface area (Å²) in [6, 6.07) is 13.4. The maximum atomic E-state index is 13.9. The molecule has 0 bridgehead atoms. The van der Waals surface area contributed by atoms with Gasteiger partial charge in [0.2, 0.25) is 23.6 Å². The van der Waals surface area contributed by atoms with Crippen molar-refractivity contribution in [3.05, 3.63) is 65.7 Å². The molecule has 0 aromatic heterocycles. The first-order chi connectivity index (χ1) is 21.6. The van der Waals surface area contributed by atoms with Crippen molar-refractivity contribution in [2.24, 2.45) is 0 Å². The zero-order valence-corrected chi connectivity index (χ0v) is 26.3. The molecule has 3 N–H and O–H groups in total. The zero-order chi connectivity index (χ0) is 32.4. The van der Waals surface area contributed by atoms with E-state index in [0.29, 0.717) is 50.1 Å². The van der Waals surface area contributed by atoms with Crippen LogP contribution in [-0.2, 0) is 30.3 Å². The number of unbranched alkanes of at least 4 members (excludes halogenated alkanes) is 1. The predicted molar refractivity (Wildman–Crippen MR) is 167 cm³/mol. The minimum atomic E-state index is -1.33. The summed E-state index contributed by atoms with van der Waals surface area (Å²) in [6.45, 7) is 6.35. The number of hydrogen-bond donors (Lipinski definition) is 3. The summed E-state index contributed by atoms with van der Waals surface area (Å²) in [5.41, 5.74) is -0.0502. The first-order valence-corrected chi connectivity index (χ1v) is 15.8. The van der Waals surface area contributed by atoms with E-state index in [-0.39, 0.29) is 31.8 Å². The van der Waals surface area contributed by atoms with Gasteiger partial charge in [-0.15, -0.1) is 0 Å². The van der Waals surface area contributed by atoms with Gasteiger partial charge in [-0.25, -0.2) is 4.79 Å². The molecule has 0 spiro atoms. The molecule has 11 nitrogen and oxygen atoms in total. The van der Waals surface area contributed by atoms with Crippen LogP contribution in [0.1, 0.15) is 75.2 Å². The molecule has 2 aliphatic rings. The number of ether oxygens (including phenoxy) is 2. The average Bonchev–Trinajstić information content (AvgIpc) is 3.54. The number of esters is 1. The van der Waals surface area contributed by atoms with Gasteiger partial charge in [-0.3, -0.25) is 19.2 Å². The van der Waals surface area contributed by atoms with Gasteiger partial charge in [0.1, 0.15) is 29.4 Å². The fourth-order valence-corrected chi connectivity index (χ4v) is 5.62. The van der Waals surface area contributed by atoms with Gasteiger partial charge < -0.3 is 30.3 Å². The summed E-state index contributed by atoms with van der Waals surface area (Å²) in [5.74, 6) is -1.42. The normalized spacial score (nSPS) is 24.0. The molecule has 2 saturated heterocycles. The molecule has 2 aromatic carbocycles. The van der Waals surface area contributed by atoms with Gasteiger partial charge in [-0.1, -0.05) is 37.3 Å². The summed E-state index contributed by atoms with van der Waals surface area (Å²) in [7, 11) is 0. The molecular weight excluding hydrogens is 576 g/mol. The Labute approximate surface area is 264 Å². The highest BCUT2D eigenvalue weighted by Gasteiger charge is 2.43. The summed E-state index contributed by atoms with van der Waals surface area (Å²) < 4.78 is 10.9. The molecule has 4 atom stereocenters. The van der Waals surface area contributed by atoms with Crippen LogP contribution in [0.15, 0.2) is 54.6 Å². The van der Waals surface area contributed by atoms with Crippen LogP contribution in [0.4, 0.5) is 0 Å². The Morgan fingerprint density at radius 1 is 0.933 bits per heavy atom. The topological polar surface area (TPSA) is 143 Å². The number of rotatable bonds is 11. The zero-order valence-electron chi connectivity index (χ0n) is 26.3. The number of nitrogens with one attached hydrogen (secondary N) is 3. The van der Waals surface area contributed by atoms with Crippen molar-refractivity contribution in [2.45, 2.75) is 89.4 Å². The van der Waals surface area contributed by atoms with Crippen molar-refractivity contribution in [3.8, 4) is 5.75 Å². The van der Waals surface area contributed by atoms with Gasteiger partial charge in [0.15, 0.2) is 0 Å². The highest BCUT2D eigenvalue weighted by atomic mass is 16.5. The Balaban J connectivity index is 1.48. The minimum absolute atomic E-state index is 0.158. The van der Waals surface area contributed by atoms with Gasteiger partial charge in [-0.2, -0.15) is 0 Å². The highest BCUT2D eigenvalue weighted by molar-refractivity contribution is 5.99. The van der Waals surface area contributed by atoms with Crippen molar-refractivity contribution in [1.29, 1.82) is 0 Å². The lowest BCUT2D eigenvalue weighted by Crippen LogP contribution is -2.65. The van der Waals surface area contributed by atoms with E-state index < -0.39 is 47.4 Å². The first kappa shape index (κ1) is 33.5. The molecule has 2 aliphatic heterocycles. The molecule has 2 fully saturated rings. The first-order valence-electron chi connectivity index (χ1n) is 15.8. The second-order valence-corrected chi connectivity index (χ2v) is 11.7. The van der Waals surface area contributed by atoms with Crippen LogP contribution in [0.5, 0.6) is 5.75 Å². The van der Waals surface area contributed by atoms with Gasteiger partial charge >= 0.3 is 5.97 Å². The number of fused-ring (bicyclic) bond motifs is 1. The van der Waals surface area contributed by atoms with Crippen LogP contribution in [0.2, 0.25) is 0 Å². The summed E-state index contributed by atoms with van der Waals surface area (Å²) in [4.78, 5) is 68.5. The predicted octanol–water partition coefficient (Wildman–Crippen LogP) is 2.91. The highest BCUT2D eigenvalue weighted by Crippen LogP contribution is 2.23. The Morgan fingerprint density at radius 3 is 2.36 bits per heavy atom. The molecule has 0 saturated carbocycles. The lowest BCUT2D eigenvalue weighted by atomic mass is 9.94. The summed E-state index contributed by atoms with van der Waals surface area (Å²) in [5, 5.41) is 8.62. The monoisotopic (exact) mass is 620 g/mol. The second-order valence-electron chi connectivity index (χ2n) is 11.7. The van der Waals surface area contributed by atoms with E-state index in [1.165, 1.54) is 4.90 Å². The SMILES string of the molecule is CCOc1ccc(CC2NC(=O)[C@](C)(CC)NC(=O)[C@H](CCCCOC(=O)c3ccccc3)NC(=O)[C@H]3CCCN3C2=O)cc1. The van der Waals surface area contributed by atoms with E-state index in [9.17, 15) is 24.0 Å². The fraction of sp³-hybridized carbons (Fsp3) is 0.500. The van der Waals surface area contributed by atoms with Gasteiger partial charge in [-0.05, 0) is 82.2 Å². The van der Waals surface area contributed by atoms with Gasteiger partial charge in [0.05, 0.1) is 18.8 Å². The smallest absolute Gasteiger partial charge is 0.338 e. The standard InChI is InChI=1S/C34H44N4O7/c1-4-34(3)33(43)36-27(22-23-16-18-25(19-17-23)44-5-2)31(41)38-20-11-15-28(38)30(40)35-26(29(39)37-34)14-9-10-21-45-32(42)24-12-7-6-8-13-24/h6-8,12-13,16-19,26-28H,4-5,9-11,14-15,20-22H2,1-3H3,(H,35,40)(H,36,43)(H,37,39)/t26-,27?,28+,34-/m0/s1. The minimum Gasteiger partial charge on any atom is -0.494 e. The number of hydrogen-bond acceptors (Lipinski definition) is 7. The van der Waals surface area contributed by atoms with Crippen molar-refractivity contribution >= 4 is 29.6 Å². The third-order valence-corrected chi connectivity index (χ3v) is 8.49. The largest absolute Gasteiger partial charge is 0.494 e. The van der Waals surface area contributed by atoms with Crippen LogP contribution < -0.4 is 20.7 Å². The molecule has 4 rings (SSSR count). The van der Waals surface area contributed by atoms with Gasteiger partial charge in [0, 0.05) is 13.0 Å². The molecule has 2 aromatic rings. The van der Waals surface area contributed by atoms with Gasteiger partial charge in [0.25, 0.3) is 0 Å². The number of carbonyl (C=O) groups excluding carboxylic acids is 5. The number of amides is 4. The van der Waals surface area contributed by atoms with E-state index >= 15 is 0 Å². The lowest BCUT2D eigenvalue weighted by Gasteiger charge is -2.36. The third kappa shape index (κ3) is 8.61. The average molecular weight is 621 g/mol. The molecular formula is C34H44N4O7. The Hall–Kier alpha value is -4.41. The maximum absolute atomic E-state index is 13.9. The number of carbonyl (C=O) groups is 5. The summed E-state index contributed by atoms with van der Waals surface area (Å²) in [6.07, 6.45) is 2.78. The van der Waals surface area contributed by atoms with Crippen molar-refractivity contribution < 1.29 is 33.4 Å². The van der Waals surface area contributed by atoms with Crippen molar-refractivity contribution in [1.82, 2.24) is 20.9 Å². The second kappa shape index (κ2) is 15.5. The van der Waals surface area contributed by atoms with Crippen LogP contribution in [0.3, 0.4) is 0 Å². The molecule has 2 heterocycles. The Kier molecular flexibility index (Phi) is 11.6. The van der Waals surface area contributed by atoms with Crippen molar-refractivity contribution in [3.63, 3.8) is 0 Å². The van der Waals surface area contributed by atoms with Crippen LogP contribution in [-0.4, -0.2) is 77.9 Å². The molecule has 0 radical (unpaired) electrons. The summed E-state index contributed by atoms with van der Waals surface area (Å²) >= 11 is 0. The molecule has 0 aliphatic carbocycles. The quantitative estimate of drug-likeness (QED) is 0.259. The molecule has 242 valence electrons. The molecule has 11 heteroatoms. The lowest BCUT2D eigenvalue weighted by molar-refractivity contribution is -0.144. The molecule has 4 amide bonds. The van der Waals surface area contributed by atoms with E-state index in [4.69, 9.17) is 9.47 Å². The van der Waals surface area contributed by atoms with Crippen molar-refractivity contribution in [2.75, 3.05) is 19.8 Å². The van der Waals surface area contributed by atoms with Crippen LogP contribution in [0.25, 0.3) is 0 Å². The van der Waals surface area contributed by atoms with E-state index in [2.05, 4.69) is 16.0 Å². The number of benzene rings is 2. The fourth-order valence-electron chi connectivity index (χ4n) is 5.62. The molecule has 45 heavy (non-hydrogen) atoms. The van der Waals surface area contributed by atoms with Crippen LogP contribution in [0, 0.1) is 0 Å². The number of nitrogens with zero attached hydrogens (tertiary/aromatic N) is 1. The maximum Gasteiger partial charge on any atom is 0.338 e. The van der Waals surface area contributed by atoms with E-state index in [1.54, 1.807) is 38.1 Å². The van der Waals surface area contributed by atoms with E-state index in [0.717, 1.165) is 5.56 Å². The molecule has 1 unspecified atom stereocenters.